The summed E-state index contributed by atoms with van der Waals surface area (Å²) in [5.74, 6) is -0.0465. The third kappa shape index (κ3) is 9.06. The number of carbonyl (C=O) groups excluding carboxylic acids is 1. The summed E-state index contributed by atoms with van der Waals surface area (Å²) >= 11 is 9.85. The van der Waals surface area contributed by atoms with Crippen LogP contribution in [0.5, 0.6) is 5.75 Å². The predicted octanol–water partition coefficient (Wildman–Crippen LogP) is 5.16. The molecule has 0 heterocycles. The molecule has 1 saturated carbocycles. The lowest BCUT2D eigenvalue weighted by Crippen LogP contribution is -2.39. The van der Waals surface area contributed by atoms with Crippen LogP contribution in [0.15, 0.2) is 18.2 Å². The summed E-state index contributed by atoms with van der Waals surface area (Å²) in [6.07, 6.45) is 1.52. The number of carboxylic acid groups (broad SMARTS) is 1. The van der Waals surface area contributed by atoms with Crippen molar-refractivity contribution in [1.82, 2.24) is 4.90 Å². The van der Waals surface area contributed by atoms with E-state index in [1.54, 1.807) is 20.8 Å². The fourth-order valence-corrected chi connectivity index (χ4v) is 2.50. The highest BCUT2D eigenvalue weighted by Gasteiger charge is 2.40. The number of amides is 1. The van der Waals surface area contributed by atoms with E-state index in [0.29, 0.717) is 0 Å². The van der Waals surface area contributed by atoms with E-state index in [2.05, 4.69) is 19.6 Å². The maximum Gasteiger partial charge on any atom is 0.410 e. The lowest BCUT2D eigenvalue weighted by molar-refractivity contribution is -0.137. The van der Waals surface area contributed by atoms with Gasteiger partial charge in [-0.25, -0.2) is 4.79 Å². The second kappa shape index (κ2) is 9.74. The van der Waals surface area contributed by atoms with Crippen molar-refractivity contribution in [2.45, 2.75) is 70.5 Å². The first-order chi connectivity index (χ1) is 12.7. The Hall–Kier alpha value is -1.60. The van der Waals surface area contributed by atoms with Gasteiger partial charge in [0.1, 0.15) is 17.0 Å². The molecule has 28 heavy (non-hydrogen) atoms. The molecule has 8 heteroatoms. The van der Waals surface area contributed by atoms with Crippen molar-refractivity contribution in [3.8, 4) is 5.75 Å². The summed E-state index contributed by atoms with van der Waals surface area (Å²) in [5, 5.41) is 8.61. The largest absolute Gasteiger partial charge is 0.487 e. The SMILES string of the molecule is CN(C(=O)OC(C)(C)C)C(S)CC(=O)O.Cc1cc(Cl)ccc1OC1(C)CC1. The van der Waals surface area contributed by atoms with Gasteiger partial charge in [0.2, 0.25) is 0 Å². The topological polar surface area (TPSA) is 76.1 Å². The van der Waals surface area contributed by atoms with Crippen molar-refractivity contribution in [3.63, 3.8) is 0 Å². The Bertz CT molecular complexity index is 700. The molecule has 158 valence electrons. The Kier molecular flexibility index (Phi) is 8.50. The molecule has 0 bridgehead atoms. The maximum atomic E-state index is 11.4. The molecule has 1 amide bonds. The van der Waals surface area contributed by atoms with Gasteiger partial charge in [-0.2, -0.15) is 12.6 Å². The Labute approximate surface area is 177 Å². The second-order valence-corrected chi connectivity index (χ2v) is 9.16. The normalized spacial score (nSPS) is 15.6. The molecule has 1 aliphatic rings. The van der Waals surface area contributed by atoms with Crippen LogP contribution in [-0.4, -0.2) is 45.7 Å². The molecule has 2 rings (SSSR count). The van der Waals surface area contributed by atoms with Crippen LogP contribution in [0.4, 0.5) is 4.79 Å². The van der Waals surface area contributed by atoms with Crippen molar-refractivity contribution in [2.75, 3.05) is 7.05 Å². The molecule has 0 saturated heterocycles. The molecule has 1 unspecified atom stereocenters. The van der Waals surface area contributed by atoms with Gasteiger partial charge in [0.15, 0.2) is 0 Å². The average Bonchev–Trinajstić information content (AvgIpc) is 3.25. The van der Waals surface area contributed by atoms with Crippen molar-refractivity contribution in [3.05, 3.63) is 28.8 Å². The van der Waals surface area contributed by atoms with Gasteiger partial charge < -0.3 is 14.6 Å². The minimum absolute atomic E-state index is 0.0958. The molecule has 1 fully saturated rings. The van der Waals surface area contributed by atoms with E-state index in [1.807, 2.05) is 25.1 Å². The Morgan fingerprint density at radius 3 is 2.36 bits per heavy atom. The molecule has 1 aliphatic carbocycles. The number of hydrogen-bond acceptors (Lipinski definition) is 5. The van der Waals surface area contributed by atoms with Crippen molar-refractivity contribution in [1.29, 1.82) is 0 Å². The van der Waals surface area contributed by atoms with Crippen LogP contribution >= 0.6 is 24.2 Å². The quantitative estimate of drug-likeness (QED) is 0.497. The van der Waals surface area contributed by atoms with Gasteiger partial charge in [-0.05, 0) is 71.2 Å². The van der Waals surface area contributed by atoms with E-state index in [9.17, 15) is 9.59 Å². The summed E-state index contributed by atoms with van der Waals surface area (Å²) in [4.78, 5) is 23.0. The number of thiol groups is 1. The van der Waals surface area contributed by atoms with Gasteiger partial charge in [-0.3, -0.25) is 9.69 Å². The molecule has 1 N–H and O–H groups in total. The lowest BCUT2D eigenvalue weighted by atomic mass is 10.2. The van der Waals surface area contributed by atoms with E-state index in [0.717, 1.165) is 34.1 Å². The van der Waals surface area contributed by atoms with Crippen LogP contribution in [0.1, 0.15) is 52.5 Å². The summed E-state index contributed by atoms with van der Waals surface area (Å²) in [7, 11) is 1.45. The number of carboxylic acids is 1. The average molecular weight is 432 g/mol. The molecule has 1 aromatic carbocycles. The maximum absolute atomic E-state index is 11.4. The zero-order valence-corrected chi connectivity index (χ0v) is 18.9. The number of nitrogens with zero attached hydrogens (tertiary/aromatic N) is 1. The first-order valence-electron chi connectivity index (χ1n) is 9.03. The van der Waals surface area contributed by atoms with Crippen LogP contribution in [-0.2, 0) is 9.53 Å². The lowest BCUT2D eigenvalue weighted by Gasteiger charge is -2.27. The van der Waals surface area contributed by atoms with Crippen LogP contribution in [0.3, 0.4) is 0 Å². The third-order valence-corrected chi connectivity index (χ3v) is 4.70. The third-order valence-electron chi connectivity index (χ3n) is 3.93. The zero-order chi connectivity index (χ0) is 21.7. The van der Waals surface area contributed by atoms with Crippen LogP contribution < -0.4 is 4.74 Å². The Morgan fingerprint density at radius 2 is 1.93 bits per heavy atom. The van der Waals surface area contributed by atoms with Crippen LogP contribution in [0.25, 0.3) is 0 Å². The number of ether oxygens (including phenoxy) is 2. The summed E-state index contributed by atoms with van der Waals surface area (Å²) in [5.41, 5.74) is 0.612. The molecule has 0 radical (unpaired) electrons. The van der Waals surface area contributed by atoms with Crippen molar-refractivity contribution >= 4 is 36.3 Å². The van der Waals surface area contributed by atoms with E-state index in [4.69, 9.17) is 26.2 Å². The summed E-state index contributed by atoms with van der Waals surface area (Å²) < 4.78 is 10.9. The van der Waals surface area contributed by atoms with E-state index >= 15 is 0 Å². The Balaban J connectivity index is 0.000000281. The molecule has 0 aliphatic heterocycles. The zero-order valence-electron chi connectivity index (χ0n) is 17.3. The number of aryl methyl sites for hydroxylation is 1. The smallest absolute Gasteiger partial charge is 0.410 e. The summed E-state index contributed by atoms with van der Waals surface area (Å²) in [6.45, 7) is 9.38. The van der Waals surface area contributed by atoms with E-state index < -0.39 is 23.0 Å². The number of benzene rings is 1. The fourth-order valence-electron chi connectivity index (χ4n) is 2.02. The number of aliphatic carboxylic acids is 1. The van der Waals surface area contributed by atoms with Gasteiger partial charge >= 0.3 is 12.1 Å². The molecule has 1 aromatic rings. The number of halogens is 1. The van der Waals surface area contributed by atoms with Gasteiger partial charge in [-0.15, -0.1) is 0 Å². The molecular formula is C20H30ClNO5S. The molecular weight excluding hydrogens is 402 g/mol. The molecule has 0 aromatic heterocycles. The monoisotopic (exact) mass is 431 g/mol. The van der Waals surface area contributed by atoms with Gasteiger partial charge in [-0.1, -0.05) is 11.6 Å². The Morgan fingerprint density at radius 1 is 1.36 bits per heavy atom. The highest BCUT2D eigenvalue weighted by Crippen LogP contribution is 2.40. The second-order valence-electron chi connectivity index (χ2n) is 8.13. The van der Waals surface area contributed by atoms with E-state index in [-0.39, 0.29) is 12.0 Å². The highest BCUT2D eigenvalue weighted by molar-refractivity contribution is 7.80. The van der Waals surface area contributed by atoms with Crippen molar-refractivity contribution in [2.24, 2.45) is 0 Å². The van der Waals surface area contributed by atoms with Gasteiger partial charge in [0.25, 0.3) is 0 Å². The molecule has 0 spiro atoms. The highest BCUT2D eigenvalue weighted by atomic mass is 35.5. The first kappa shape index (κ1) is 24.4. The summed E-state index contributed by atoms with van der Waals surface area (Å²) in [6, 6.07) is 5.75. The first-order valence-corrected chi connectivity index (χ1v) is 9.93. The van der Waals surface area contributed by atoms with Gasteiger partial charge in [0, 0.05) is 12.1 Å². The fraction of sp³-hybridized carbons (Fsp3) is 0.600. The van der Waals surface area contributed by atoms with Crippen molar-refractivity contribution < 1.29 is 24.2 Å². The minimum atomic E-state index is -1.01. The van der Waals surface area contributed by atoms with Crippen LogP contribution in [0.2, 0.25) is 5.02 Å². The minimum Gasteiger partial charge on any atom is -0.487 e. The van der Waals surface area contributed by atoms with Gasteiger partial charge in [0.05, 0.1) is 11.8 Å². The number of rotatable bonds is 5. The molecule has 1 atom stereocenters. The number of carbonyl (C=O) groups is 2. The van der Waals surface area contributed by atoms with Crippen LogP contribution in [0, 0.1) is 6.92 Å². The number of hydrogen-bond donors (Lipinski definition) is 2. The predicted molar refractivity (Wildman–Crippen MR) is 113 cm³/mol. The standard InChI is InChI=1S/C11H13ClO.C9H17NO4S/c1-8-7-9(12)3-4-10(8)13-11(2)5-6-11;1-9(2,3)14-8(13)10(4)6(15)5-7(11)12/h3-4,7H,5-6H2,1-2H3;6,15H,5H2,1-4H3,(H,11,12). The molecule has 6 nitrogen and oxygen atoms in total. The van der Waals surface area contributed by atoms with E-state index in [1.165, 1.54) is 7.05 Å².